The molecule has 0 aliphatic heterocycles. The van der Waals surface area contributed by atoms with Gasteiger partial charge in [0.2, 0.25) is 10.0 Å². The minimum atomic E-state index is -3.67. The van der Waals surface area contributed by atoms with E-state index in [4.69, 9.17) is 4.74 Å². The lowest BCUT2D eigenvalue weighted by atomic mass is 9.91. The third-order valence-electron chi connectivity index (χ3n) is 5.41. The van der Waals surface area contributed by atoms with Gasteiger partial charge in [0.05, 0.1) is 4.90 Å². The number of hydrogen-bond donors (Lipinski definition) is 1. The second-order valence-electron chi connectivity index (χ2n) is 8.09. The van der Waals surface area contributed by atoms with Crippen LogP contribution >= 0.6 is 0 Å². The van der Waals surface area contributed by atoms with Gasteiger partial charge in [-0.3, -0.25) is 9.59 Å². The zero-order valence-electron chi connectivity index (χ0n) is 19.6. The van der Waals surface area contributed by atoms with Crippen LogP contribution in [0.3, 0.4) is 0 Å². The molecule has 0 spiro atoms. The number of amides is 1. The third kappa shape index (κ3) is 5.70. The monoisotopic (exact) mass is 480 g/mol. The Hall–Kier alpha value is -3.49. The van der Waals surface area contributed by atoms with Crippen LogP contribution in [-0.2, 0) is 24.3 Å². The lowest BCUT2D eigenvalue weighted by molar-refractivity contribution is -0.153. The van der Waals surface area contributed by atoms with Crippen LogP contribution in [-0.4, -0.2) is 44.8 Å². The Morgan fingerprint density at radius 2 is 1.41 bits per heavy atom. The van der Waals surface area contributed by atoms with Crippen molar-refractivity contribution in [3.05, 3.63) is 95.6 Å². The van der Waals surface area contributed by atoms with Crippen molar-refractivity contribution < 1.29 is 22.7 Å². The van der Waals surface area contributed by atoms with E-state index in [9.17, 15) is 18.0 Å². The smallest absolute Gasteiger partial charge is 0.318 e. The molecule has 0 heterocycles. The van der Waals surface area contributed by atoms with Crippen LogP contribution in [0.1, 0.15) is 29.5 Å². The Morgan fingerprint density at radius 3 is 1.91 bits per heavy atom. The standard InChI is InChI=1S/C26H28N2O5S/c1-18-15-16-22(34(31,32)28(3)4)17-23(18)27-25(29)19(2)33-26(30)24(20-11-7-5-8-12-20)21-13-9-6-10-14-21/h5-17,19,24H,1-4H3,(H,27,29). The number of anilines is 1. The number of nitrogens with zero attached hydrogens (tertiary/aromatic N) is 1. The molecule has 3 rings (SSSR count). The largest absolute Gasteiger partial charge is 0.452 e. The van der Waals surface area contributed by atoms with Gasteiger partial charge in [-0.15, -0.1) is 0 Å². The van der Waals surface area contributed by atoms with Gasteiger partial charge in [-0.05, 0) is 42.7 Å². The zero-order valence-corrected chi connectivity index (χ0v) is 20.4. The SMILES string of the molecule is Cc1ccc(S(=O)(=O)N(C)C)cc1NC(=O)C(C)OC(=O)C(c1ccccc1)c1ccccc1. The molecule has 7 nitrogen and oxygen atoms in total. The first-order valence-corrected chi connectivity index (χ1v) is 12.2. The molecule has 8 heteroatoms. The first-order valence-electron chi connectivity index (χ1n) is 10.8. The highest BCUT2D eigenvalue weighted by atomic mass is 32.2. The summed E-state index contributed by atoms with van der Waals surface area (Å²) in [5.74, 6) is -1.80. The molecule has 0 saturated carbocycles. The van der Waals surface area contributed by atoms with E-state index in [0.29, 0.717) is 11.3 Å². The van der Waals surface area contributed by atoms with E-state index >= 15 is 0 Å². The molecule has 1 N–H and O–H groups in total. The quantitative estimate of drug-likeness (QED) is 0.493. The van der Waals surface area contributed by atoms with E-state index in [0.717, 1.165) is 15.4 Å². The maximum atomic E-state index is 13.2. The van der Waals surface area contributed by atoms with Crippen LogP contribution in [0.2, 0.25) is 0 Å². The number of carbonyl (C=O) groups is 2. The predicted molar refractivity (Wildman–Crippen MR) is 131 cm³/mol. The summed E-state index contributed by atoms with van der Waals surface area (Å²) in [7, 11) is -0.796. The van der Waals surface area contributed by atoms with Crippen molar-refractivity contribution in [3.8, 4) is 0 Å². The van der Waals surface area contributed by atoms with Gasteiger partial charge >= 0.3 is 5.97 Å². The summed E-state index contributed by atoms with van der Waals surface area (Å²) in [6.45, 7) is 3.23. The molecule has 178 valence electrons. The number of sulfonamides is 1. The van der Waals surface area contributed by atoms with Gasteiger partial charge in [-0.2, -0.15) is 0 Å². The number of hydrogen-bond acceptors (Lipinski definition) is 5. The molecule has 0 aromatic heterocycles. The summed E-state index contributed by atoms with van der Waals surface area (Å²) in [6.07, 6.45) is -1.10. The van der Waals surface area contributed by atoms with Gasteiger partial charge in [0.15, 0.2) is 6.10 Å². The summed E-state index contributed by atoms with van der Waals surface area (Å²) >= 11 is 0. The van der Waals surface area contributed by atoms with E-state index in [1.165, 1.54) is 33.2 Å². The van der Waals surface area contributed by atoms with Crippen LogP contribution in [0.15, 0.2) is 83.8 Å². The van der Waals surface area contributed by atoms with E-state index in [1.54, 1.807) is 13.0 Å². The Bertz CT molecular complexity index is 1220. The number of aryl methyl sites for hydroxylation is 1. The molecular formula is C26H28N2O5S. The van der Waals surface area contributed by atoms with Gasteiger partial charge in [0, 0.05) is 19.8 Å². The van der Waals surface area contributed by atoms with Crippen LogP contribution in [0, 0.1) is 6.92 Å². The highest BCUT2D eigenvalue weighted by Crippen LogP contribution is 2.27. The topological polar surface area (TPSA) is 92.8 Å². The molecule has 1 unspecified atom stereocenters. The van der Waals surface area contributed by atoms with Gasteiger partial charge < -0.3 is 10.1 Å². The predicted octanol–water partition coefficient (Wildman–Crippen LogP) is 3.95. The summed E-state index contributed by atoms with van der Waals surface area (Å²) < 4.78 is 31.5. The number of rotatable bonds is 8. The maximum absolute atomic E-state index is 13.2. The normalized spacial score (nSPS) is 12.4. The number of benzene rings is 3. The minimum Gasteiger partial charge on any atom is -0.452 e. The van der Waals surface area contributed by atoms with Crippen LogP contribution < -0.4 is 5.32 Å². The molecule has 3 aromatic rings. The van der Waals surface area contributed by atoms with Gasteiger partial charge in [-0.1, -0.05) is 66.7 Å². The first-order chi connectivity index (χ1) is 16.1. The Morgan fingerprint density at radius 1 is 0.882 bits per heavy atom. The summed E-state index contributed by atoms with van der Waals surface area (Å²) in [4.78, 5) is 26.0. The Kier molecular flexibility index (Phi) is 7.86. The maximum Gasteiger partial charge on any atom is 0.318 e. The highest BCUT2D eigenvalue weighted by molar-refractivity contribution is 7.89. The summed E-state index contributed by atoms with van der Waals surface area (Å²) in [5, 5.41) is 2.69. The molecule has 0 fully saturated rings. The molecular weight excluding hydrogens is 452 g/mol. The van der Waals surface area contributed by atoms with Gasteiger partial charge in [-0.25, -0.2) is 12.7 Å². The minimum absolute atomic E-state index is 0.0521. The average molecular weight is 481 g/mol. The third-order valence-corrected chi connectivity index (χ3v) is 7.22. The van der Waals surface area contributed by atoms with Crippen LogP contribution in [0.25, 0.3) is 0 Å². The summed E-state index contributed by atoms with van der Waals surface area (Å²) in [6, 6.07) is 22.9. The number of nitrogens with one attached hydrogen (secondary N) is 1. The second kappa shape index (κ2) is 10.6. The van der Waals surface area contributed by atoms with Crippen molar-refractivity contribution in [2.45, 2.75) is 30.8 Å². The van der Waals surface area contributed by atoms with E-state index < -0.39 is 33.9 Å². The van der Waals surface area contributed by atoms with Crippen LogP contribution in [0.4, 0.5) is 5.69 Å². The molecule has 1 atom stereocenters. The molecule has 0 radical (unpaired) electrons. The zero-order chi connectivity index (χ0) is 24.9. The fourth-order valence-corrected chi connectivity index (χ4v) is 4.32. The van der Waals surface area contributed by atoms with E-state index in [2.05, 4.69) is 5.32 Å². The lowest BCUT2D eigenvalue weighted by Crippen LogP contribution is -2.32. The van der Waals surface area contributed by atoms with Crippen molar-refractivity contribution >= 4 is 27.6 Å². The van der Waals surface area contributed by atoms with Crippen LogP contribution in [0.5, 0.6) is 0 Å². The Balaban J connectivity index is 1.79. The highest BCUT2D eigenvalue weighted by Gasteiger charge is 2.28. The number of ether oxygens (including phenoxy) is 1. The molecule has 0 aliphatic carbocycles. The van der Waals surface area contributed by atoms with Crippen molar-refractivity contribution in [1.82, 2.24) is 4.31 Å². The molecule has 3 aromatic carbocycles. The molecule has 0 saturated heterocycles. The lowest BCUT2D eigenvalue weighted by Gasteiger charge is -2.21. The number of esters is 1. The van der Waals surface area contributed by atoms with Crippen molar-refractivity contribution in [1.29, 1.82) is 0 Å². The fraction of sp³-hybridized carbons (Fsp3) is 0.231. The fourth-order valence-electron chi connectivity index (χ4n) is 3.39. The average Bonchev–Trinajstić information content (AvgIpc) is 2.81. The molecule has 34 heavy (non-hydrogen) atoms. The first kappa shape index (κ1) is 25.1. The van der Waals surface area contributed by atoms with Crippen molar-refractivity contribution in [2.75, 3.05) is 19.4 Å². The molecule has 1 amide bonds. The van der Waals surface area contributed by atoms with E-state index in [1.807, 2.05) is 60.7 Å². The van der Waals surface area contributed by atoms with Gasteiger partial charge in [0.1, 0.15) is 5.92 Å². The van der Waals surface area contributed by atoms with E-state index in [-0.39, 0.29) is 4.90 Å². The molecule has 0 aliphatic rings. The second-order valence-corrected chi connectivity index (χ2v) is 10.2. The van der Waals surface area contributed by atoms with Gasteiger partial charge in [0.25, 0.3) is 5.91 Å². The summed E-state index contributed by atoms with van der Waals surface area (Å²) in [5.41, 5.74) is 2.52. The Labute approximate surface area is 200 Å². The number of carbonyl (C=O) groups excluding carboxylic acids is 2. The van der Waals surface area contributed by atoms with Crippen molar-refractivity contribution in [2.24, 2.45) is 0 Å². The molecule has 0 bridgehead atoms. The van der Waals surface area contributed by atoms with Crippen molar-refractivity contribution in [3.63, 3.8) is 0 Å².